The van der Waals surface area contributed by atoms with Crippen molar-refractivity contribution >= 4 is 5.78 Å². The zero-order chi connectivity index (χ0) is 9.42. The predicted octanol–water partition coefficient (Wildman–Crippen LogP) is 0.589. The highest BCUT2D eigenvalue weighted by atomic mass is 16.6. The lowest BCUT2D eigenvalue weighted by Gasteiger charge is -2.00. The summed E-state index contributed by atoms with van der Waals surface area (Å²) >= 11 is 0. The summed E-state index contributed by atoms with van der Waals surface area (Å²) in [5, 5.41) is 9.07. The number of aliphatic hydroxyl groups is 1. The van der Waals surface area contributed by atoms with Gasteiger partial charge in [0.25, 0.3) is 6.29 Å². The van der Waals surface area contributed by atoms with Crippen molar-refractivity contribution in [2.45, 2.75) is 6.29 Å². The van der Waals surface area contributed by atoms with Gasteiger partial charge in [-0.15, -0.1) is 0 Å². The maximum atomic E-state index is 11.2. The third kappa shape index (κ3) is 1.15. The number of methoxy groups -OCH3 is 1. The smallest absolute Gasteiger partial charge is 0.262 e. The van der Waals surface area contributed by atoms with Crippen LogP contribution in [0.1, 0.15) is 10.4 Å². The van der Waals surface area contributed by atoms with Gasteiger partial charge < -0.3 is 14.6 Å². The summed E-state index contributed by atoms with van der Waals surface area (Å²) < 4.78 is 9.80. The van der Waals surface area contributed by atoms with Crippen molar-refractivity contribution in [1.29, 1.82) is 0 Å². The third-order valence-electron chi connectivity index (χ3n) is 1.92. The van der Waals surface area contributed by atoms with Crippen LogP contribution < -0.4 is 9.47 Å². The average Bonchev–Trinajstić information content (AvgIpc) is 2.43. The number of carbonyl (C=O) groups is 1. The molecule has 1 aliphatic heterocycles. The molecular weight excluding hydrogens is 172 g/mol. The molecule has 0 aliphatic carbocycles. The standard InChI is InChI=1S/C9H8O4/c1-12-5-2-3-7-6(4-5)8(10)9(11)13-7/h2-4,9,11H,1H3. The molecule has 13 heavy (non-hydrogen) atoms. The van der Waals surface area contributed by atoms with Crippen molar-refractivity contribution in [3.63, 3.8) is 0 Å². The molecule has 0 radical (unpaired) electrons. The van der Waals surface area contributed by atoms with E-state index in [1.807, 2.05) is 0 Å². The molecule has 0 fully saturated rings. The van der Waals surface area contributed by atoms with E-state index in [1.54, 1.807) is 18.2 Å². The Morgan fingerprint density at radius 1 is 1.54 bits per heavy atom. The van der Waals surface area contributed by atoms with E-state index in [-0.39, 0.29) is 0 Å². The molecule has 1 atom stereocenters. The Bertz CT molecular complexity index is 359. The number of hydrogen-bond acceptors (Lipinski definition) is 4. The molecule has 0 aromatic heterocycles. The van der Waals surface area contributed by atoms with E-state index in [0.29, 0.717) is 17.1 Å². The number of benzene rings is 1. The van der Waals surface area contributed by atoms with E-state index in [9.17, 15) is 4.79 Å². The number of carbonyl (C=O) groups excluding carboxylic acids is 1. The highest BCUT2D eigenvalue weighted by Gasteiger charge is 2.30. The largest absolute Gasteiger partial charge is 0.497 e. The van der Waals surface area contributed by atoms with Crippen LogP contribution in [0.15, 0.2) is 18.2 Å². The van der Waals surface area contributed by atoms with E-state index in [4.69, 9.17) is 14.6 Å². The maximum absolute atomic E-state index is 11.2. The summed E-state index contributed by atoms with van der Waals surface area (Å²) in [6.07, 6.45) is -1.36. The summed E-state index contributed by atoms with van der Waals surface area (Å²) in [5.41, 5.74) is 0.367. The van der Waals surface area contributed by atoms with Crippen molar-refractivity contribution in [3.8, 4) is 11.5 Å². The van der Waals surface area contributed by atoms with Gasteiger partial charge in [0, 0.05) is 0 Å². The molecule has 1 aliphatic rings. The van der Waals surface area contributed by atoms with E-state index in [0.717, 1.165) is 0 Å². The lowest BCUT2D eigenvalue weighted by atomic mass is 10.1. The normalized spacial score (nSPS) is 19.5. The second-order valence-electron chi connectivity index (χ2n) is 2.70. The molecule has 0 spiro atoms. The number of ketones is 1. The van der Waals surface area contributed by atoms with Crippen LogP contribution in [0.3, 0.4) is 0 Å². The van der Waals surface area contributed by atoms with Crippen LogP contribution in [0.25, 0.3) is 0 Å². The molecular formula is C9H8O4. The molecule has 1 aromatic carbocycles. The molecule has 1 aromatic rings. The van der Waals surface area contributed by atoms with Gasteiger partial charge >= 0.3 is 0 Å². The fourth-order valence-electron chi connectivity index (χ4n) is 1.24. The van der Waals surface area contributed by atoms with Crippen molar-refractivity contribution in [1.82, 2.24) is 0 Å². The van der Waals surface area contributed by atoms with Crippen LogP contribution in [-0.4, -0.2) is 24.3 Å². The Morgan fingerprint density at radius 2 is 2.31 bits per heavy atom. The van der Waals surface area contributed by atoms with Gasteiger partial charge in [-0.05, 0) is 18.2 Å². The van der Waals surface area contributed by atoms with Gasteiger partial charge in [-0.2, -0.15) is 0 Å². The summed E-state index contributed by atoms with van der Waals surface area (Å²) in [4.78, 5) is 11.2. The van der Waals surface area contributed by atoms with Crippen LogP contribution >= 0.6 is 0 Å². The van der Waals surface area contributed by atoms with Crippen molar-refractivity contribution in [3.05, 3.63) is 23.8 Å². The SMILES string of the molecule is COc1ccc2c(c1)C(=O)C(O)O2. The molecule has 1 N–H and O–H groups in total. The minimum Gasteiger partial charge on any atom is -0.497 e. The molecule has 0 amide bonds. The maximum Gasteiger partial charge on any atom is 0.262 e. The Morgan fingerprint density at radius 3 is 3.00 bits per heavy atom. The van der Waals surface area contributed by atoms with Gasteiger partial charge in [0.05, 0.1) is 12.7 Å². The minimum atomic E-state index is -1.36. The average molecular weight is 180 g/mol. The highest BCUT2D eigenvalue weighted by molar-refractivity contribution is 6.03. The van der Waals surface area contributed by atoms with Gasteiger partial charge in [0.2, 0.25) is 5.78 Å². The second-order valence-corrected chi connectivity index (χ2v) is 2.70. The van der Waals surface area contributed by atoms with Crippen molar-refractivity contribution in [2.75, 3.05) is 7.11 Å². The van der Waals surface area contributed by atoms with Crippen LogP contribution in [0, 0.1) is 0 Å². The van der Waals surface area contributed by atoms with Gasteiger partial charge in [-0.25, -0.2) is 0 Å². The molecule has 4 heteroatoms. The zero-order valence-corrected chi connectivity index (χ0v) is 6.98. The highest BCUT2D eigenvalue weighted by Crippen LogP contribution is 2.30. The van der Waals surface area contributed by atoms with E-state index in [1.165, 1.54) is 7.11 Å². The molecule has 0 saturated heterocycles. The Balaban J connectivity index is 2.48. The lowest BCUT2D eigenvalue weighted by Crippen LogP contribution is -2.18. The van der Waals surface area contributed by atoms with Crippen molar-refractivity contribution in [2.24, 2.45) is 0 Å². The topological polar surface area (TPSA) is 55.8 Å². The number of Topliss-reactive ketones (excluding diaryl/α,β-unsaturated/α-hetero) is 1. The molecule has 0 bridgehead atoms. The summed E-state index contributed by atoms with van der Waals surface area (Å²) in [6, 6.07) is 4.82. The van der Waals surface area contributed by atoms with Crippen LogP contribution in [0.5, 0.6) is 11.5 Å². The fraction of sp³-hybridized carbons (Fsp3) is 0.222. The monoisotopic (exact) mass is 180 g/mol. The fourth-order valence-corrected chi connectivity index (χ4v) is 1.24. The molecule has 4 nitrogen and oxygen atoms in total. The van der Waals surface area contributed by atoms with E-state index in [2.05, 4.69) is 0 Å². The number of rotatable bonds is 1. The first kappa shape index (κ1) is 8.07. The number of hydrogen-bond donors (Lipinski definition) is 1. The third-order valence-corrected chi connectivity index (χ3v) is 1.92. The van der Waals surface area contributed by atoms with Crippen molar-refractivity contribution < 1.29 is 19.4 Å². The molecule has 0 saturated carbocycles. The summed E-state index contributed by atoms with van der Waals surface area (Å²) in [5.74, 6) is 0.553. The zero-order valence-electron chi connectivity index (χ0n) is 6.98. The quantitative estimate of drug-likeness (QED) is 0.687. The van der Waals surface area contributed by atoms with Gasteiger partial charge in [0.1, 0.15) is 11.5 Å². The Labute approximate surface area is 74.7 Å². The minimum absolute atomic E-state index is 0.367. The lowest BCUT2D eigenvalue weighted by molar-refractivity contribution is 0.00866. The molecule has 1 heterocycles. The first-order valence-electron chi connectivity index (χ1n) is 3.79. The first-order valence-corrected chi connectivity index (χ1v) is 3.79. The van der Waals surface area contributed by atoms with Gasteiger partial charge in [-0.3, -0.25) is 4.79 Å². The van der Waals surface area contributed by atoms with E-state index < -0.39 is 12.1 Å². The number of ether oxygens (including phenoxy) is 2. The predicted molar refractivity (Wildman–Crippen MR) is 44.0 cm³/mol. The second kappa shape index (κ2) is 2.74. The Hall–Kier alpha value is -1.55. The number of aliphatic hydroxyl groups excluding tert-OH is 1. The van der Waals surface area contributed by atoms with E-state index >= 15 is 0 Å². The summed E-state index contributed by atoms with van der Waals surface area (Å²) in [6.45, 7) is 0. The molecule has 2 rings (SSSR count). The Kier molecular flexibility index (Phi) is 1.70. The first-order chi connectivity index (χ1) is 6.22. The number of fused-ring (bicyclic) bond motifs is 1. The molecule has 68 valence electrons. The molecule has 1 unspecified atom stereocenters. The van der Waals surface area contributed by atoms with Crippen LogP contribution in [0.2, 0.25) is 0 Å². The van der Waals surface area contributed by atoms with Gasteiger partial charge in [-0.1, -0.05) is 0 Å². The van der Waals surface area contributed by atoms with Crippen LogP contribution in [0.4, 0.5) is 0 Å². The van der Waals surface area contributed by atoms with Crippen LogP contribution in [-0.2, 0) is 0 Å². The van der Waals surface area contributed by atoms with Gasteiger partial charge in [0.15, 0.2) is 0 Å². The summed E-state index contributed by atoms with van der Waals surface area (Å²) in [7, 11) is 1.51.